The van der Waals surface area contributed by atoms with Crippen LogP contribution in [-0.2, 0) is 6.42 Å². The molecule has 0 radical (unpaired) electrons. The Morgan fingerprint density at radius 3 is 2.92 bits per heavy atom. The minimum atomic E-state index is 0.599. The van der Waals surface area contributed by atoms with Gasteiger partial charge >= 0.3 is 5.88 Å². The minimum absolute atomic E-state index is 0.599. The van der Waals surface area contributed by atoms with E-state index in [2.05, 4.69) is 23.8 Å². The summed E-state index contributed by atoms with van der Waals surface area (Å²) < 4.78 is 5.13. The van der Waals surface area contributed by atoms with Crippen molar-refractivity contribution in [3.8, 4) is 5.88 Å². The Morgan fingerprint density at radius 2 is 2.33 bits per heavy atom. The first-order valence-electron chi connectivity index (χ1n) is 4.13. The van der Waals surface area contributed by atoms with Gasteiger partial charge in [-0.15, -0.1) is 0 Å². The fourth-order valence-corrected chi connectivity index (χ4v) is 1.09. The highest BCUT2D eigenvalue weighted by atomic mass is 16.5. The van der Waals surface area contributed by atoms with E-state index < -0.39 is 0 Å². The topological polar surface area (TPSA) is 36.3 Å². The molecular formula is C9H15N2O+. The molecule has 1 N–H and O–H groups in total. The summed E-state index contributed by atoms with van der Waals surface area (Å²) in [6.07, 6.45) is 4.46. The molecule has 0 aromatic carbocycles. The summed E-state index contributed by atoms with van der Waals surface area (Å²) in [5.74, 6) is 1.37. The van der Waals surface area contributed by atoms with Crippen molar-refractivity contribution in [3.63, 3.8) is 0 Å². The van der Waals surface area contributed by atoms with Gasteiger partial charge in [0.2, 0.25) is 0 Å². The molecule has 0 saturated heterocycles. The van der Waals surface area contributed by atoms with Gasteiger partial charge in [0.05, 0.1) is 13.3 Å². The number of methoxy groups -OCH3 is 1. The van der Waals surface area contributed by atoms with Crippen LogP contribution in [0, 0.1) is 5.92 Å². The number of H-pyrrole nitrogens is 1. The average molecular weight is 167 g/mol. The lowest BCUT2D eigenvalue weighted by Gasteiger charge is -2.02. The van der Waals surface area contributed by atoms with Crippen LogP contribution >= 0.6 is 0 Å². The van der Waals surface area contributed by atoms with E-state index in [1.807, 2.05) is 0 Å². The third kappa shape index (κ3) is 2.19. The third-order valence-corrected chi connectivity index (χ3v) is 1.59. The van der Waals surface area contributed by atoms with Crippen LogP contribution in [0.3, 0.4) is 0 Å². The number of ether oxygens (including phenoxy) is 1. The smallest absolute Gasteiger partial charge is 0.388 e. The van der Waals surface area contributed by atoms with Crippen LogP contribution in [0.25, 0.3) is 0 Å². The van der Waals surface area contributed by atoms with Gasteiger partial charge in [-0.3, -0.25) is 0 Å². The number of hydrogen-bond acceptors (Lipinski definition) is 2. The van der Waals surface area contributed by atoms with Crippen LogP contribution in [0.4, 0.5) is 0 Å². The molecule has 1 aromatic rings. The second-order valence-electron chi connectivity index (χ2n) is 3.17. The number of nitrogens with one attached hydrogen (secondary N) is 1. The zero-order chi connectivity index (χ0) is 8.97. The highest BCUT2D eigenvalue weighted by Gasteiger charge is 2.11. The number of nitrogens with zero attached hydrogens (tertiary/aromatic N) is 1. The predicted molar refractivity (Wildman–Crippen MR) is 45.9 cm³/mol. The number of hydrogen-bond donors (Lipinski definition) is 0. The molecule has 1 rings (SSSR count). The van der Waals surface area contributed by atoms with E-state index in [9.17, 15) is 0 Å². The van der Waals surface area contributed by atoms with E-state index in [-0.39, 0.29) is 0 Å². The van der Waals surface area contributed by atoms with Crippen molar-refractivity contribution in [2.75, 3.05) is 7.11 Å². The zero-order valence-corrected chi connectivity index (χ0v) is 7.79. The maximum absolute atomic E-state index is 5.13. The van der Waals surface area contributed by atoms with Crippen molar-refractivity contribution in [1.29, 1.82) is 0 Å². The fraction of sp³-hybridized carbons (Fsp3) is 0.556. The predicted octanol–water partition coefficient (Wildman–Crippen LogP) is 1.10. The lowest BCUT2D eigenvalue weighted by atomic mass is 10.1. The summed E-state index contributed by atoms with van der Waals surface area (Å²) in [5, 5.41) is 0. The quantitative estimate of drug-likeness (QED) is 0.676. The first-order valence-corrected chi connectivity index (χ1v) is 4.13. The van der Waals surface area contributed by atoms with Gasteiger partial charge in [0.25, 0.3) is 0 Å². The van der Waals surface area contributed by atoms with Crippen LogP contribution in [0.1, 0.15) is 19.5 Å². The van der Waals surface area contributed by atoms with Crippen molar-refractivity contribution in [1.82, 2.24) is 4.98 Å². The van der Waals surface area contributed by atoms with E-state index in [0.29, 0.717) is 5.92 Å². The Bertz CT molecular complexity index is 248. The molecule has 0 unspecified atom stereocenters. The van der Waals surface area contributed by atoms with Gasteiger partial charge in [-0.25, -0.2) is 4.98 Å². The normalized spacial score (nSPS) is 10.3. The van der Waals surface area contributed by atoms with E-state index >= 15 is 0 Å². The summed E-state index contributed by atoms with van der Waals surface area (Å²) in [5.41, 5.74) is 0.995. The average Bonchev–Trinajstić information content (AvgIpc) is 2.04. The molecule has 1 heterocycles. The van der Waals surface area contributed by atoms with Crippen LogP contribution in [-0.4, -0.2) is 12.1 Å². The molecular weight excluding hydrogens is 152 g/mol. The first kappa shape index (κ1) is 8.97. The Labute approximate surface area is 72.8 Å². The minimum Gasteiger partial charge on any atom is -0.446 e. The lowest BCUT2D eigenvalue weighted by Crippen LogP contribution is -2.12. The second-order valence-corrected chi connectivity index (χ2v) is 3.17. The second kappa shape index (κ2) is 4.04. The van der Waals surface area contributed by atoms with Crippen molar-refractivity contribution < 1.29 is 9.72 Å². The van der Waals surface area contributed by atoms with Crippen LogP contribution < -0.4 is 9.72 Å². The summed E-state index contributed by atoms with van der Waals surface area (Å²) in [7, 11) is 1.65. The van der Waals surface area contributed by atoms with Gasteiger partial charge < -0.3 is 4.74 Å². The van der Waals surface area contributed by atoms with E-state index in [4.69, 9.17) is 4.74 Å². The number of aromatic amines is 1. The van der Waals surface area contributed by atoms with Crippen molar-refractivity contribution in [3.05, 3.63) is 18.1 Å². The molecule has 0 saturated carbocycles. The van der Waals surface area contributed by atoms with E-state index in [1.54, 1.807) is 19.5 Å². The Balaban J connectivity index is 2.82. The van der Waals surface area contributed by atoms with E-state index in [1.165, 1.54) is 0 Å². The molecule has 0 spiro atoms. The first-order chi connectivity index (χ1) is 5.74. The highest BCUT2D eigenvalue weighted by molar-refractivity contribution is 5.11. The van der Waals surface area contributed by atoms with Crippen LogP contribution in [0.2, 0.25) is 0 Å². The van der Waals surface area contributed by atoms with E-state index in [0.717, 1.165) is 18.0 Å². The maximum atomic E-state index is 5.13. The third-order valence-electron chi connectivity index (χ3n) is 1.59. The Kier molecular flexibility index (Phi) is 3.02. The van der Waals surface area contributed by atoms with Crippen LogP contribution in [0.15, 0.2) is 12.4 Å². The highest BCUT2D eigenvalue weighted by Crippen LogP contribution is 2.11. The molecule has 1 aromatic heterocycles. The molecule has 0 bridgehead atoms. The van der Waals surface area contributed by atoms with Gasteiger partial charge in [0.1, 0.15) is 0 Å². The van der Waals surface area contributed by atoms with Gasteiger partial charge in [-0.1, -0.05) is 13.8 Å². The summed E-state index contributed by atoms with van der Waals surface area (Å²) in [6.45, 7) is 4.32. The monoisotopic (exact) mass is 167 g/mol. The standard InChI is InChI=1S/C9H14N2O/c1-7(2)6-8-9(12-3)11-5-4-10-8/h4-5,7H,6H2,1-3H3/p+1. The molecule has 12 heavy (non-hydrogen) atoms. The summed E-state index contributed by atoms with van der Waals surface area (Å²) in [4.78, 5) is 7.24. The van der Waals surface area contributed by atoms with Crippen molar-refractivity contribution in [2.24, 2.45) is 5.92 Å². The molecule has 0 aliphatic rings. The van der Waals surface area contributed by atoms with Gasteiger partial charge in [0.15, 0.2) is 11.9 Å². The Morgan fingerprint density at radius 1 is 1.58 bits per heavy atom. The zero-order valence-electron chi connectivity index (χ0n) is 7.79. The molecule has 3 nitrogen and oxygen atoms in total. The van der Waals surface area contributed by atoms with Crippen LogP contribution in [0.5, 0.6) is 5.88 Å². The molecule has 66 valence electrons. The van der Waals surface area contributed by atoms with Gasteiger partial charge in [0, 0.05) is 6.42 Å². The summed E-state index contributed by atoms with van der Waals surface area (Å²) >= 11 is 0. The van der Waals surface area contributed by atoms with Crippen molar-refractivity contribution >= 4 is 0 Å². The molecule has 0 aliphatic heterocycles. The lowest BCUT2D eigenvalue weighted by molar-refractivity contribution is -0.394. The van der Waals surface area contributed by atoms with Gasteiger partial charge in [-0.05, 0) is 5.92 Å². The molecule has 0 fully saturated rings. The number of aromatic nitrogens is 2. The molecule has 0 amide bonds. The molecule has 3 heteroatoms. The molecule has 0 atom stereocenters. The largest absolute Gasteiger partial charge is 0.446 e. The number of rotatable bonds is 3. The maximum Gasteiger partial charge on any atom is 0.388 e. The summed E-state index contributed by atoms with van der Waals surface area (Å²) in [6, 6.07) is 0. The fourth-order valence-electron chi connectivity index (χ4n) is 1.09. The SMILES string of the molecule is COc1[nH+]ccnc1CC(C)C. The molecule has 0 aliphatic carbocycles. The van der Waals surface area contributed by atoms with Gasteiger partial charge in [-0.2, -0.15) is 4.98 Å². The Hall–Kier alpha value is -1.12. The van der Waals surface area contributed by atoms with Crippen molar-refractivity contribution in [2.45, 2.75) is 20.3 Å².